The maximum absolute atomic E-state index is 10.6. The molecular formula is C11H23NO2. The average molecular weight is 201 g/mol. The molecule has 3 N–H and O–H groups in total. The maximum atomic E-state index is 10.6. The van der Waals surface area contributed by atoms with Crippen LogP contribution in [0.1, 0.15) is 33.6 Å². The van der Waals surface area contributed by atoms with Gasteiger partial charge in [-0.05, 0) is 24.2 Å². The van der Waals surface area contributed by atoms with Crippen molar-refractivity contribution in [2.24, 2.45) is 17.1 Å². The van der Waals surface area contributed by atoms with Gasteiger partial charge >= 0.3 is 0 Å². The molecule has 0 aromatic rings. The maximum Gasteiger partial charge on any atom is 0.0846 e. The highest BCUT2D eigenvalue weighted by Crippen LogP contribution is 2.40. The summed E-state index contributed by atoms with van der Waals surface area (Å²) >= 11 is 0. The Hall–Kier alpha value is -0.120. The predicted octanol–water partition coefficient (Wildman–Crippen LogP) is 1.15. The molecule has 0 radical (unpaired) electrons. The lowest BCUT2D eigenvalue weighted by atomic mass is 9.66. The summed E-state index contributed by atoms with van der Waals surface area (Å²) in [6, 6.07) is 0. The van der Waals surface area contributed by atoms with Crippen molar-refractivity contribution < 1.29 is 9.84 Å². The monoisotopic (exact) mass is 201 g/mol. The molecule has 1 aliphatic heterocycles. The fraction of sp³-hybridized carbons (Fsp3) is 1.00. The topological polar surface area (TPSA) is 55.5 Å². The van der Waals surface area contributed by atoms with Gasteiger partial charge in [-0.2, -0.15) is 0 Å². The van der Waals surface area contributed by atoms with Gasteiger partial charge in [-0.25, -0.2) is 0 Å². The molecule has 0 aromatic heterocycles. The zero-order chi connectivity index (χ0) is 10.8. The highest BCUT2D eigenvalue weighted by molar-refractivity contribution is 4.97. The second kappa shape index (κ2) is 4.17. The number of hydrogen-bond donors (Lipinski definition) is 2. The number of nitrogens with two attached hydrogens (primary N) is 1. The Morgan fingerprint density at radius 1 is 1.29 bits per heavy atom. The van der Waals surface area contributed by atoms with Crippen molar-refractivity contribution in [1.29, 1.82) is 0 Å². The summed E-state index contributed by atoms with van der Waals surface area (Å²) in [5.41, 5.74) is 4.82. The van der Waals surface area contributed by atoms with Gasteiger partial charge in [0.15, 0.2) is 0 Å². The molecular weight excluding hydrogens is 178 g/mol. The van der Waals surface area contributed by atoms with E-state index in [9.17, 15) is 5.11 Å². The smallest absolute Gasteiger partial charge is 0.0846 e. The van der Waals surface area contributed by atoms with Crippen LogP contribution in [0.15, 0.2) is 0 Å². The zero-order valence-corrected chi connectivity index (χ0v) is 9.55. The van der Waals surface area contributed by atoms with Crippen LogP contribution in [-0.4, -0.2) is 30.5 Å². The predicted molar refractivity (Wildman–Crippen MR) is 57.0 cm³/mol. The first-order valence-electron chi connectivity index (χ1n) is 5.42. The SMILES string of the molecule is CC(C)(C)C(O)(CN)C1CCOCC1. The highest BCUT2D eigenvalue weighted by Gasteiger charge is 2.45. The van der Waals surface area contributed by atoms with Gasteiger partial charge in [-0.3, -0.25) is 0 Å². The first-order valence-corrected chi connectivity index (χ1v) is 5.42. The molecule has 1 unspecified atom stereocenters. The Morgan fingerprint density at radius 3 is 2.14 bits per heavy atom. The second-order valence-corrected chi connectivity index (χ2v) is 5.27. The normalized spacial score (nSPS) is 24.6. The Morgan fingerprint density at radius 2 is 1.79 bits per heavy atom. The number of hydrogen-bond acceptors (Lipinski definition) is 3. The molecule has 1 rings (SSSR count). The first-order chi connectivity index (χ1) is 6.42. The van der Waals surface area contributed by atoms with Crippen LogP contribution in [0.5, 0.6) is 0 Å². The van der Waals surface area contributed by atoms with Crippen molar-refractivity contribution in [3.05, 3.63) is 0 Å². The van der Waals surface area contributed by atoms with E-state index in [-0.39, 0.29) is 11.3 Å². The van der Waals surface area contributed by atoms with E-state index in [2.05, 4.69) is 20.8 Å². The highest BCUT2D eigenvalue weighted by atomic mass is 16.5. The van der Waals surface area contributed by atoms with Crippen LogP contribution in [0, 0.1) is 11.3 Å². The van der Waals surface area contributed by atoms with Gasteiger partial charge in [0, 0.05) is 19.8 Å². The molecule has 1 aliphatic rings. The van der Waals surface area contributed by atoms with Gasteiger partial charge < -0.3 is 15.6 Å². The summed E-state index contributed by atoms with van der Waals surface area (Å²) in [6.07, 6.45) is 1.84. The molecule has 14 heavy (non-hydrogen) atoms. The summed E-state index contributed by atoms with van der Waals surface area (Å²) in [4.78, 5) is 0. The molecule has 3 heteroatoms. The summed E-state index contributed by atoms with van der Waals surface area (Å²) in [5.74, 6) is 0.279. The molecule has 0 aliphatic carbocycles. The van der Waals surface area contributed by atoms with Gasteiger partial charge in [0.1, 0.15) is 0 Å². The fourth-order valence-corrected chi connectivity index (χ4v) is 2.26. The molecule has 0 aromatic carbocycles. The van der Waals surface area contributed by atoms with Gasteiger partial charge in [-0.15, -0.1) is 0 Å². The minimum Gasteiger partial charge on any atom is -0.388 e. The van der Waals surface area contributed by atoms with Gasteiger partial charge in [-0.1, -0.05) is 20.8 Å². The molecule has 1 heterocycles. The summed E-state index contributed by atoms with van der Waals surface area (Å²) in [7, 11) is 0. The van der Waals surface area contributed by atoms with Crippen LogP contribution in [0.3, 0.4) is 0 Å². The molecule has 1 saturated heterocycles. The number of ether oxygens (including phenoxy) is 1. The van der Waals surface area contributed by atoms with Crippen LogP contribution in [0.25, 0.3) is 0 Å². The van der Waals surface area contributed by atoms with Gasteiger partial charge in [0.05, 0.1) is 5.60 Å². The molecule has 0 spiro atoms. The molecule has 0 saturated carbocycles. The third kappa shape index (κ3) is 2.10. The van der Waals surface area contributed by atoms with E-state index in [1.54, 1.807) is 0 Å². The second-order valence-electron chi connectivity index (χ2n) is 5.27. The van der Waals surface area contributed by atoms with E-state index in [0.717, 1.165) is 26.1 Å². The molecule has 1 fully saturated rings. The number of aliphatic hydroxyl groups is 1. The van der Waals surface area contributed by atoms with E-state index in [1.165, 1.54) is 0 Å². The van der Waals surface area contributed by atoms with Crippen LogP contribution in [0.2, 0.25) is 0 Å². The quantitative estimate of drug-likeness (QED) is 0.704. The molecule has 84 valence electrons. The van der Waals surface area contributed by atoms with Crippen molar-refractivity contribution in [2.75, 3.05) is 19.8 Å². The van der Waals surface area contributed by atoms with Crippen LogP contribution in [0.4, 0.5) is 0 Å². The zero-order valence-electron chi connectivity index (χ0n) is 9.55. The third-order valence-corrected chi connectivity index (χ3v) is 3.51. The largest absolute Gasteiger partial charge is 0.388 e. The molecule has 0 bridgehead atoms. The lowest BCUT2D eigenvalue weighted by molar-refractivity contribution is -0.123. The van der Waals surface area contributed by atoms with Crippen LogP contribution >= 0.6 is 0 Å². The third-order valence-electron chi connectivity index (χ3n) is 3.51. The van der Waals surface area contributed by atoms with E-state index < -0.39 is 5.60 Å². The van der Waals surface area contributed by atoms with Crippen molar-refractivity contribution in [3.63, 3.8) is 0 Å². The first kappa shape index (κ1) is 12.0. The van der Waals surface area contributed by atoms with Crippen molar-refractivity contribution in [1.82, 2.24) is 0 Å². The van der Waals surface area contributed by atoms with Gasteiger partial charge in [0.25, 0.3) is 0 Å². The van der Waals surface area contributed by atoms with E-state index in [0.29, 0.717) is 6.54 Å². The fourth-order valence-electron chi connectivity index (χ4n) is 2.26. The van der Waals surface area contributed by atoms with Crippen LogP contribution < -0.4 is 5.73 Å². The lowest BCUT2D eigenvalue weighted by Gasteiger charge is -2.46. The van der Waals surface area contributed by atoms with Crippen molar-refractivity contribution >= 4 is 0 Å². The van der Waals surface area contributed by atoms with Gasteiger partial charge in [0.2, 0.25) is 0 Å². The Bertz CT molecular complexity index is 182. The summed E-state index contributed by atoms with van der Waals surface area (Å²) in [5, 5.41) is 10.6. The minimum absolute atomic E-state index is 0.163. The summed E-state index contributed by atoms with van der Waals surface area (Å²) < 4.78 is 5.30. The minimum atomic E-state index is -0.753. The lowest BCUT2D eigenvalue weighted by Crippen LogP contribution is -2.56. The summed E-state index contributed by atoms with van der Waals surface area (Å²) in [6.45, 7) is 7.99. The molecule has 0 amide bonds. The van der Waals surface area contributed by atoms with Crippen molar-refractivity contribution in [2.45, 2.75) is 39.2 Å². The Kier molecular flexibility index (Phi) is 3.56. The molecule has 3 nitrogen and oxygen atoms in total. The Balaban J connectivity index is 2.77. The van der Waals surface area contributed by atoms with E-state index >= 15 is 0 Å². The van der Waals surface area contributed by atoms with E-state index in [1.807, 2.05) is 0 Å². The van der Waals surface area contributed by atoms with E-state index in [4.69, 9.17) is 10.5 Å². The Labute approximate surface area is 86.6 Å². The number of rotatable bonds is 2. The van der Waals surface area contributed by atoms with Crippen LogP contribution in [-0.2, 0) is 4.74 Å². The average Bonchev–Trinajstić information content (AvgIpc) is 2.16. The van der Waals surface area contributed by atoms with Crippen molar-refractivity contribution in [3.8, 4) is 0 Å². The standard InChI is InChI=1S/C11H23NO2/c1-10(2,3)11(13,8-12)9-4-6-14-7-5-9/h9,13H,4-8,12H2,1-3H3. The molecule has 1 atom stereocenters.